The Labute approximate surface area is 119 Å². The van der Waals surface area contributed by atoms with E-state index < -0.39 is 27.4 Å². The number of aryl methyl sites for hydroxylation is 1. The lowest BCUT2D eigenvalue weighted by Gasteiger charge is -2.29. The Kier molecular flexibility index (Phi) is 4.93. The van der Waals surface area contributed by atoms with E-state index in [-0.39, 0.29) is 11.4 Å². The molecule has 0 aliphatic rings. The average molecular weight is 303 g/mol. The molecule has 0 aliphatic carbocycles. The molecular weight excluding hydrogens is 282 g/mol. The van der Waals surface area contributed by atoms with E-state index in [1.54, 1.807) is 25.3 Å². The lowest BCUT2D eigenvalue weighted by Crippen LogP contribution is -2.45. The minimum atomic E-state index is -3.82. The SMILES string of the molecule is CCn1cnc(S(=O)(=O)NC(CC(=O)O)C(C)(C)C)c1. The molecule has 1 heterocycles. The van der Waals surface area contributed by atoms with Crippen LogP contribution in [0, 0.1) is 5.41 Å². The number of carboxylic acid groups (broad SMARTS) is 1. The van der Waals surface area contributed by atoms with Crippen LogP contribution < -0.4 is 4.72 Å². The highest BCUT2D eigenvalue weighted by Crippen LogP contribution is 2.23. The van der Waals surface area contributed by atoms with Gasteiger partial charge in [0.05, 0.1) is 12.7 Å². The van der Waals surface area contributed by atoms with Crippen molar-refractivity contribution in [2.45, 2.75) is 51.7 Å². The van der Waals surface area contributed by atoms with Crippen LogP contribution in [0.4, 0.5) is 0 Å². The molecule has 7 nitrogen and oxygen atoms in total. The van der Waals surface area contributed by atoms with Gasteiger partial charge in [0.1, 0.15) is 0 Å². The first kappa shape index (κ1) is 16.6. The normalized spacial score (nSPS) is 14.2. The summed E-state index contributed by atoms with van der Waals surface area (Å²) in [6.07, 6.45) is 2.57. The van der Waals surface area contributed by atoms with Crippen molar-refractivity contribution in [1.82, 2.24) is 14.3 Å². The maximum absolute atomic E-state index is 12.2. The summed E-state index contributed by atoms with van der Waals surface area (Å²) >= 11 is 0. The second kappa shape index (κ2) is 5.92. The number of sulfonamides is 1. The third kappa shape index (κ3) is 4.31. The predicted molar refractivity (Wildman–Crippen MR) is 73.7 cm³/mol. The van der Waals surface area contributed by atoms with Crippen LogP contribution in [0.2, 0.25) is 0 Å². The summed E-state index contributed by atoms with van der Waals surface area (Å²) in [6, 6.07) is -0.711. The fourth-order valence-electron chi connectivity index (χ4n) is 1.60. The number of carboxylic acids is 1. The number of rotatable bonds is 6. The largest absolute Gasteiger partial charge is 0.481 e. The third-order valence-corrected chi connectivity index (χ3v) is 4.33. The number of aromatic nitrogens is 2. The Morgan fingerprint density at radius 3 is 2.50 bits per heavy atom. The second-order valence-corrected chi connectivity index (χ2v) is 7.34. The molecule has 0 saturated heterocycles. The molecule has 1 aromatic rings. The van der Waals surface area contributed by atoms with Gasteiger partial charge >= 0.3 is 5.97 Å². The summed E-state index contributed by atoms with van der Waals surface area (Å²) in [7, 11) is -3.82. The average Bonchev–Trinajstić information content (AvgIpc) is 2.75. The first-order valence-electron chi connectivity index (χ1n) is 6.32. The van der Waals surface area contributed by atoms with Gasteiger partial charge in [0, 0.05) is 18.8 Å². The molecule has 0 bridgehead atoms. The fourth-order valence-corrected chi connectivity index (χ4v) is 2.99. The molecule has 1 atom stereocenters. The van der Waals surface area contributed by atoms with Crippen LogP contribution in [0.5, 0.6) is 0 Å². The van der Waals surface area contributed by atoms with Crippen molar-refractivity contribution in [1.29, 1.82) is 0 Å². The molecule has 0 saturated carbocycles. The standard InChI is InChI=1S/C12H21N3O4S/c1-5-15-7-10(13-8-15)20(18,19)14-9(6-11(16)17)12(2,3)4/h7-9,14H,5-6H2,1-4H3,(H,16,17). The summed E-state index contributed by atoms with van der Waals surface area (Å²) < 4.78 is 28.5. The predicted octanol–water partition coefficient (Wildman–Crippen LogP) is 1.07. The van der Waals surface area contributed by atoms with E-state index in [0.29, 0.717) is 6.54 Å². The van der Waals surface area contributed by atoms with Gasteiger partial charge in [-0.1, -0.05) is 20.8 Å². The van der Waals surface area contributed by atoms with Gasteiger partial charge in [0.15, 0.2) is 5.03 Å². The molecule has 0 aromatic carbocycles. The number of hydrogen-bond donors (Lipinski definition) is 2. The van der Waals surface area contributed by atoms with Crippen LogP contribution in [0.15, 0.2) is 17.6 Å². The molecule has 20 heavy (non-hydrogen) atoms. The van der Waals surface area contributed by atoms with E-state index in [9.17, 15) is 13.2 Å². The van der Waals surface area contributed by atoms with Gasteiger partial charge in [-0.15, -0.1) is 0 Å². The maximum Gasteiger partial charge on any atom is 0.304 e. The van der Waals surface area contributed by atoms with Gasteiger partial charge in [-0.25, -0.2) is 18.1 Å². The molecule has 0 spiro atoms. The van der Waals surface area contributed by atoms with Crippen molar-refractivity contribution in [2.24, 2.45) is 5.41 Å². The molecular formula is C12H21N3O4S. The van der Waals surface area contributed by atoms with Gasteiger partial charge in [-0.05, 0) is 12.3 Å². The number of nitrogens with one attached hydrogen (secondary N) is 1. The first-order chi connectivity index (χ1) is 9.06. The first-order valence-corrected chi connectivity index (χ1v) is 7.80. The molecule has 0 fully saturated rings. The minimum Gasteiger partial charge on any atom is -0.481 e. The number of aliphatic carboxylic acids is 1. The summed E-state index contributed by atoms with van der Waals surface area (Å²) in [5.41, 5.74) is -0.515. The second-order valence-electron chi connectivity index (χ2n) is 5.68. The zero-order valence-electron chi connectivity index (χ0n) is 12.1. The number of carbonyl (C=O) groups is 1. The Bertz CT molecular complexity index is 572. The number of nitrogens with zero attached hydrogens (tertiary/aromatic N) is 2. The van der Waals surface area contributed by atoms with Crippen molar-refractivity contribution in [3.8, 4) is 0 Å². The van der Waals surface area contributed by atoms with Crippen molar-refractivity contribution >= 4 is 16.0 Å². The van der Waals surface area contributed by atoms with Crippen LogP contribution in [0.3, 0.4) is 0 Å². The van der Waals surface area contributed by atoms with Gasteiger partial charge < -0.3 is 9.67 Å². The Morgan fingerprint density at radius 2 is 2.10 bits per heavy atom. The topological polar surface area (TPSA) is 101 Å². The molecule has 114 valence electrons. The Morgan fingerprint density at radius 1 is 1.50 bits per heavy atom. The van der Waals surface area contributed by atoms with Crippen molar-refractivity contribution < 1.29 is 18.3 Å². The van der Waals surface area contributed by atoms with E-state index in [2.05, 4.69) is 9.71 Å². The number of hydrogen-bond acceptors (Lipinski definition) is 4. The van der Waals surface area contributed by atoms with Crippen LogP contribution in [-0.2, 0) is 21.4 Å². The van der Waals surface area contributed by atoms with Crippen LogP contribution in [-0.4, -0.2) is 35.1 Å². The monoisotopic (exact) mass is 303 g/mol. The molecule has 0 aliphatic heterocycles. The van der Waals surface area contributed by atoms with Crippen LogP contribution in [0.1, 0.15) is 34.1 Å². The molecule has 2 N–H and O–H groups in total. The molecule has 1 unspecified atom stereocenters. The van der Waals surface area contributed by atoms with E-state index in [1.165, 1.54) is 12.5 Å². The highest BCUT2D eigenvalue weighted by molar-refractivity contribution is 7.89. The zero-order valence-corrected chi connectivity index (χ0v) is 12.9. The van der Waals surface area contributed by atoms with Gasteiger partial charge in [0.2, 0.25) is 0 Å². The highest BCUT2D eigenvalue weighted by Gasteiger charge is 2.32. The molecule has 0 radical (unpaired) electrons. The quantitative estimate of drug-likeness (QED) is 0.818. The lowest BCUT2D eigenvalue weighted by molar-refractivity contribution is -0.138. The van der Waals surface area contributed by atoms with Crippen molar-refractivity contribution in [2.75, 3.05) is 0 Å². The van der Waals surface area contributed by atoms with Gasteiger partial charge in [0.25, 0.3) is 10.0 Å². The summed E-state index contributed by atoms with van der Waals surface area (Å²) in [6.45, 7) is 7.84. The highest BCUT2D eigenvalue weighted by atomic mass is 32.2. The summed E-state index contributed by atoms with van der Waals surface area (Å²) in [5.74, 6) is -1.05. The van der Waals surface area contributed by atoms with Crippen molar-refractivity contribution in [3.63, 3.8) is 0 Å². The lowest BCUT2D eigenvalue weighted by atomic mass is 9.85. The van der Waals surface area contributed by atoms with E-state index in [1.807, 2.05) is 6.92 Å². The molecule has 8 heteroatoms. The van der Waals surface area contributed by atoms with Crippen LogP contribution >= 0.6 is 0 Å². The Balaban J connectivity index is 2.99. The fraction of sp³-hybridized carbons (Fsp3) is 0.667. The number of imidazole rings is 1. The van der Waals surface area contributed by atoms with Gasteiger partial charge in [-0.2, -0.15) is 0 Å². The van der Waals surface area contributed by atoms with Crippen LogP contribution in [0.25, 0.3) is 0 Å². The molecule has 0 amide bonds. The summed E-state index contributed by atoms with van der Waals surface area (Å²) in [5, 5.41) is 8.80. The molecule has 1 aromatic heterocycles. The van der Waals surface area contributed by atoms with E-state index in [4.69, 9.17) is 5.11 Å². The summed E-state index contributed by atoms with van der Waals surface area (Å²) in [4.78, 5) is 14.7. The minimum absolute atomic E-state index is 0.0982. The Hall–Kier alpha value is -1.41. The zero-order chi connectivity index (χ0) is 15.6. The maximum atomic E-state index is 12.2. The van der Waals surface area contributed by atoms with Gasteiger partial charge in [-0.3, -0.25) is 4.79 Å². The third-order valence-electron chi connectivity index (χ3n) is 2.97. The van der Waals surface area contributed by atoms with Crippen molar-refractivity contribution in [3.05, 3.63) is 12.5 Å². The molecule has 1 rings (SSSR count). The van der Waals surface area contributed by atoms with E-state index in [0.717, 1.165) is 0 Å². The van der Waals surface area contributed by atoms with E-state index >= 15 is 0 Å². The smallest absolute Gasteiger partial charge is 0.304 e.